The summed E-state index contributed by atoms with van der Waals surface area (Å²) >= 11 is 0. The van der Waals surface area contributed by atoms with E-state index in [1.165, 1.54) is 0 Å². The molecule has 2 aromatic carbocycles. The summed E-state index contributed by atoms with van der Waals surface area (Å²) in [5, 5.41) is 6.91. The molecule has 0 radical (unpaired) electrons. The van der Waals surface area contributed by atoms with Crippen LogP contribution in [0.1, 0.15) is 26.3 Å². The average Bonchev–Trinajstić information content (AvgIpc) is 2.79. The largest absolute Gasteiger partial charge is 0.382 e. The molecule has 0 bridgehead atoms. The van der Waals surface area contributed by atoms with E-state index in [0.29, 0.717) is 34.7 Å². The Morgan fingerprint density at radius 3 is 2.42 bits per heavy atom. The number of nitrogens with one attached hydrogen (secondary N) is 2. The predicted octanol–water partition coefficient (Wildman–Crippen LogP) is 3.18. The summed E-state index contributed by atoms with van der Waals surface area (Å²) in [4.78, 5) is 32.3. The van der Waals surface area contributed by atoms with Crippen LogP contribution >= 0.6 is 0 Å². The van der Waals surface area contributed by atoms with E-state index in [1.807, 2.05) is 30.3 Å². The number of amides is 2. The molecular weight excluding hydrogens is 392 g/mol. The molecule has 0 atom stereocenters. The molecule has 154 valence electrons. The zero-order chi connectivity index (χ0) is 21.8. The molecule has 8 heteroatoms. The van der Waals surface area contributed by atoms with Crippen LogP contribution in [0.15, 0.2) is 72.9 Å². The molecule has 0 aliphatic carbocycles. The highest BCUT2D eigenvalue weighted by Gasteiger charge is 2.09. The Morgan fingerprint density at radius 2 is 1.68 bits per heavy atom. The van der Waals surface area contributed by atoms with Gasteiger partial charge >= 0.3 is 0 Å². The van der Waals surface area contributed by atoms with Gasteiger partial charge in [-0.15, -0.1) is 0 Å². The van der Waals surface area contributed by atoms with E-state index in [1.54, 1.807) is 42.6 Å². The molecule has 2 aromatic heterocycles. The van der Waals surface area contributed by atoms with Gasteiger partial charge in [-0.1, -0.05) is 18.2 Å². The maximum absolute atomic E-state index is 12.4. The van der Waals surface area contributed by atoms with E-state index >= 15 is 0 Å². The first-order valence-corrected chi connectivity index (χ1v) is 9.55. The molecule has 2 amide bonds. The third kappa shape index (κ3) is 4.59. The van der Waals surface area contributed by atoms with Gasteiger partial charge in [0.15, 0.2) is 0 Å². The van der Waals surface area contributed by atoms with Gasteiger partial charge in [-0.2, -0.15) is 0 Å². The van der Waals surface area contributed by atoms with Crippen molar-refractivity contribution in [2.75, 3.05) is 16.4 Å². The number of aromatic nitrogens is 2. The summed E-state index contributed by atoms with van der Waals surface area (Å²) in [7, 11) is 0. The van der Waals surface area contributed by atoms with Crippen LogP contribution in [0.25, 0.3) is 10.9 Å². The highest BCUT2D eigenvalue weighted by Crippen LogP contribution is 2.18. The number of rotatable bonds is 6. The summed E-state index contributed by atoms with van der Waals surface area (Å²) in [5.74, 6) is 0.184. The summed E-state index contributed by atoms with van der Waals surface area (Å²) < 4.78 is 0. The zero-order valence-corrected chi connectivity index (χ0v) is 16.5. The molecule has 4 rings (SSSR count). The molecule has 0 aliphatic heterocycles. The van der Waals surface area contributed by atoms with Crippen molar-refractivity contribution in [2.45, 2.75) is 6.54 Å². The lowest BCUT2D eigenvalue weighted by Crippen LogP contribution is -2.13. The van der Waals surface area contributed by atoms with Crippen molar-refractivity contribution < 1.29 is 9.59 Å². The van der Waals surface area contributed by atoms with Crippen molar-refractivity contribution >= 4 is 40.0 Å². The Labute approximate surface area is 178 Å². The fourth-order valence-electron chi connectivity index (χ4n) is 3.05. The minimum absolute atomic E-state index is 0.263. The van der Waals surface area contributed by atoms with Crippen LogP contribution in [0.3, 0.4) is 0 Å². The summed E-state index contributed by atoms with van der Waals surface area (Å²) in [6.07, 6.45) is 1.56. The van der Waals surface area contributed by atoms with Crippen LogP contribution in [0.5, 0.6) is 0 Å². The topological polar surface area (TPSA) is 136 Å². The van der Waals surface area contributed by atoms with Gasteiger partial charge in [0.1, 0.15) is 11.6 Å². The third-order valence-electron chi connectivity index (χ3n) is 4.75. The number of nitrogens with two attached hydrogens (primary N) is 2. The van der Waals surface area contributed by atoms with Gasteiger partial charge < -0.3 is 22.1 Å². The van der Waals surface area contributed by atoms with Crippen LogP contribution in [0.2, 0.25) is 0 Å². The number of carbonyl (C=O) groups excluding carboxylic acids is 2. The molecule has 31 heavy (non-hydrogen) atoms. The molecular formula is C23H20N6O2. The summed E-state index contributed by atoms with van der Waals surface area (Å²) in [6.45, 7) is 0.519. The number of nitrogens with zero attached hydrogens (tertiary/aromatic N) is 2. The highest BCUT2D eigenvalue weighted by atomic mass is 16.2. The Bertz CT molecular complexity index is 1270. The summed E-state index contributed by atoms with van der Waals surface area (Å²) in [6, 6.07) is 19.6. The van der Waals surface area contributed by atoms with Crippen molar-refractivity contribution in [3.05, 3.63) is 89.6 Å². The zero-order valence-electron chi connectivity index (χ0n) is 16.5. The minimum Gasteiger partial charge on any atom is -0.382 e. The van der Waals surface area contributed by atoms with Gasteiger partial charge in [-0.05, 0) is 54.1 Å². The van der Waals surface area contributed by atoms with Crippen LogP contribution < -0.4 is 22.1 Å². The molecule has 6 N–H and O–H groups in total. The van der Waals surface area contributed by atoms with Crippen molar-refractivity contribution in [1.82, 2.24) is 9.97 Å². The third-order valence-corrected chi connectivity index (χ3v) is 4.75. The fraction of sp³-hybridized carbons (Fsp3) is 0.0435. The smallest absolute Gasteiger partial charge is 0.255 e. The van der Waals surface area contributed by atoms with E-state index < -0.39 is 5.91 Å². The molecule has 0 spiro atoms. The quantitative estimate of drug-likeness (QED) is 0.384. The number of nitrogen functional groups attached to an aromatic ring is 1. The van der Waals surface area contributed by atoms with E-state index in [4.69, 9.17) is 11.5 Å². The normalized spacial score (nSPS) is 10.6. The molecule has 0 fully saturated rings. The average molecular weight is 412 g/mol. The monoisotopic (exact) mass is 412 g/mol. The number of carbonyl (C=O) groups is 2. The van der Waals surface area contributed by atoms with Crippen LogP contribution in [0, 0.1) is 0 Å². The second-order valence-corrected chi connectivity index (χ2v) is 6.91. The molecule has 0 unspecified atom stereocenters. The van der Waals surface area contributed by atoms with Gasteiger partial charge in [0.25, 0.3) is 5.91 Å². The van der Waals surface area contributed by atoms with Crippen LogP contribution in [-0.2, 0) is 6.54 Å². The number of hydrogen-bond acceptors (Lipinski definition) is 6. The molecule has 4 aromatic rings. The first-order chi connectivity index (χ1) is 15.0. The van der Waals surface area contributed by atoms with Crippen LogP contribution in [0.4, 0.5) is 17.3 Å². The van der Waals surface area contributed by atoms with Crippen molar-refractivity contribution in [1.29, 1.82) is 0 Å². The Hall–Kier alpha value is -4.46. The molecule has 2 heterocycles. The number of pyridine rings is 2. The van der Waals surface area contributed by atoms with Gasteiger partial charge in [0.05, 0.1) is 11.2 Å². The maximum atomic E-state index is 12.4. The van der Waals surface area contributed by atoms with Crippen molar-refractivity contribution in [3.8, 4) is 0 Å². The fourth-order valence-corrected chi connectivity index (χ4v) is 3.05. The molecule has 0 saturated carbocycles. The van der Waals surface area contributed by atoms with Crippen molar-refractivity contribution in [2.24, 2.45) is 5.73 Å². The lowest BCUT2D eigenvalue weighted by atomic mass is 10.1. The maximum Gasteiger partial charge on any atom is 0.255 e. The first-order valence-electron chi connectivity index (χ1n) is 9.55. The number of primary amides is 1. The van der Waals surface area contributed by atoms with Gasteiger partial charge in [0.2, 0.25) is 5.91 Å². The standard InChI is InChI=1S/C23H20N6O2/c24-21-18(2-1-11-26-21)29-23(31)16-5-3-14(4-6-16)13-27-20-10-9-15-7-8-17(22(25)30)12-19(15)28-20/h1-12H,13H2,(H2,24,26)(H2,25,30)(H,27,28)(H,29,31). The number of hydrogen-bond donors (Lipinski definition) is 4. The van der Waals surface area contributed by atoms with E-state index in [-0.39, 0.29) is 11.7 Å². The predicted molar refractivity (Wildman–Crippen MR) is 121 cm³/mol. The molecule has 0 aliphatic rings. The molecule has 8 nitrogen and oxygen atoms in total. The SMILES string of the molecule is NC(=O)c1ccc2ccc(NCc3ccc(C(=O)Nc4cccnc4N)cc3)nc2c1. The lowest BCUT2D eigenvalue weighted by molar-refractivity contribution is 0.0997. The highest BCUT2D eigenvalue weighted by molar-refractivity contribution is 6.05. The number of fused-ring (bicyclic) bond motifs is 1. The van der Waals surface area contributed by atoms with Gasteiger partial charge in [-0.25, -0.2) is 9.97 Å². The molecule has 0 saturated heterocycles. The van der Waals surface area contributed by atoms with E-state index in [9.17, 15) is 9.59 Å². The number of benzene rings is 2. The van der Waals surface area contributed by atoms with Crippen LogP contribution in [-0.4, -0.2) is 21.8 Å². The van der Waals surface area contributed by atoms with Gasteiger partial charge in [0, 0.05) is 29.3 Å². The summed E-state index contributed by atoms with van der Waals surface area (Å²) in [5.41, 5.74) is 14.2. The lowest BCUT2D eigenvalue weighted by Gasteiger charge is -2.09. The minimum atomic E-state index is -0.489. The van der Waals surface area contributed by atoms with E-state index in [0.717, 1.165) is 10.9 Å². The second-order valence-electron chi connectivity index (χ2n) is 6.91. The van der Waals surface area contributed by atoms with E-state index in [2.05, 4.69) is 20.6 Å². The van der Waals surface area contributed by atoms with Crippen molar-refractivity contribution in [3.63, 3.8) is 0 Å². The number of anilines is 3. The second kappa shape index (κ2) is 8.50. The Kier molecular flexibility index (Phi) is 5.44. The first kappa shape index (κ1) is 19.8. The van der Waals surface area contributed by atoms with Gasteiger partial charge in [-0.3, -0.25) is 9.59 Å². The Morgan fingerprint density at radius 1 is 0.935 bits per heavy atom. The Balaban J connectivity index is 1.41.